The highest BCUT2D eigenvalue weighted by molar-refractivity contribution is 6.39. The van der Waals surface area contributed by atoms with Crippen molar-refractivity contribution in [3.63, 3.8) is 0 Å². The molecule has 0 aliphatic heterocycles. The average Bonchev–Trinajstić information content (AvgIpc) is 2.60. The molecule has 0 bridgehead atoms. The number of nitrogens with one attached hydrogen (secondary N) is 3. The molecule has 130 valence electrons. The Hall–Kier alpha value is -3.35. The Balaban J connectivity index is 1.97. The van der Waals surface area contributed by atoms with Crippen LogP contribution < -0.4 is 20.9 Å². The number of methoxy groups -OCH3 is 1. The number of amides is 3. The molecular formula is C18H19N3O4. The molecule has 7 heteroatoms. The van der Waals surface area contributed by atoms with Gasteiger partial charge in [-0.1, -0.05) is 24.3 Å². The molecule has 0 spiro atoms. The molecule has 25 heavy (non-hydrogen) atoms. The van der Waals surface area contributed by atoms with Gasteiger partial charge in [0.2, 0.25) is 0 Å². The summed E-state index contributed by atoms with van der Waals surface area (Å²) in [6.45, 7) is 3.62. The maximum Gasteiger partial charge on any atom is 0.328 e. The second kappa shape index (κ2) is 7.96. The molecule has 2 rings (SSSR count). The van der Waals surface area contributed by atoms with Gasteiger partial charge in [-0.15, -0.1) is 0 Å². The van der Waals surface area contributed by atoms with Crippen molar-refractivity contribution in [3.05, 3.63) is 59.2 Å². The van der Waals surface area contributed by atoms with Crippen LogP contribution in [0.25, 0.3) is 0 Å². The van der Waals surface area contributed by atoms with E-state index in [1.54, 1.807) is 43.3 Å². The monoisotopic (exact) mass is 341 g/mol. The number of hydrogen-bond acceptors (Lipinski definition) is 4. The first-order valence-corrected chi connectivity index (χ1v) is 7.54. The standard InChI is InChI=1S/C18H19N3O4/c1-11-8-9-15(25-3)14(10-11)19-17(23)18(24)21-20-16(22)13-7-5-4-6-12(13)2/h4-10H,1-3H3,(H,19,23)(H,20,22)(H,21,24). The number of benzene rings is 2. The van der Waals surface area contributed by atoms with E-state index in [9.17, 15) is 14.4 Å². The third-order valence-electron chi connectivity index (χ3n) is 3.49. The highest BCUT2D eigenvalue weighted by atomic mass is 16.5. The number of hydrazine groups is 1. The lowest BCUT2D eigenvalue weighted by Gasteiger charge is -2.12. The van der Waals surface area contributed by atoms with Gasteiger partial charge in [-0.25, -0.2) is 0 Å². The van der Waals surface area contributed by atoms with Crippen LogP contribution in [0.2, 0.25) is 0 Å². The summed E-state index contributed by atoms with van der Waals surface area (Å²) in [6.07, 6.45) is 0. The smallest absolute Gasteiger partial charge is 0.328 e. The number of hydrogen-bond donors (Lipinski definition) is 3. The van der Waals surface area contributed by atoms with E-state index in [0.717, 1.165) is 11.1 Å². The molecule has 2 aromatic carbocycles. The molecule has 0 aliphatic carbocycles. The van der Waals surface area contributed by atoms with E-state index in [0.29, 0.717) is 17.0 Å². The Labute approximate surface area is 145 Å². The van der Waals surface area contributed by atoms with Crippen LogP contribution in [0.1, 0.15) is 21.5 Å². The summed E-state index contributed by atoms with van der Waals surface area (Å²) in [5.41, 5.74) is 6.72. The van der Waals surface area contributed by atoms with Crippen LogP contribution in [0.5, 0.6) is 5.75 Å². The van der Waals surface area contributed by atoms with Gasteiger partial charge in [0.15, 0.2) is 0 Å². The fourth-order valence-corrected chi connectivity index (χ4v) is 2.16. The van der Waals surface area contributed by atoms with Crippen molar-refractivity contribution < 1.29 is 19.1 Å². The molecular weight excluding hydrogens is 322 g/mol. The van der Waals surface area contributed by atoms with Gasteiger partial charge in [0.1, 0.15) is 5.75 Å². The van der Waals surface area contributed by atoms with E-state index in [1.807, 2.05) is 13.0 Å². The molecule has 0 saturated heterocycles. The number of anilines is 1. The maximum absolute atomic E-state index is 12.0. The summed E-state index contributed by atoms with van der Waals surface area (Å²) in [6, 6.07) is 12.1. The molecule has 0 saturated carbocycles. The van der Waals surface area contributed by atoms with Crippen molar-refractivity contribution in [2.45, 2.75) is 13.8 Å². The predicted octanol–water partition coefficient (Wildman–Crippen LogP) is 1.71. The van der Waals surface area contributed by atoms with E-state index >= 15 is 0 Å². The van der Waals surface area contributed by atoms with Gasteiger partial charge in [0.25, 0.3) is 5.91 Å². The number of rotatable bonds is 3. The first-order chi connectivity index (χ1) is 11.9. The second-order valence-electron chi connectivity index (χ2n) is 5.38. The van der Waals surface area contributed by atoms with E-state index in [2.05, 4.69) is 16.2 Å². The third kappa shape index (κ3) is 4.57. The van der Waals surface area contributed by atoms with Crippen molar-refractivity contribution in [1.29, 1.82) is 0 Å². The summed E-state index contributed by atoms with van der Waals surface area (Å²) in [5, 5.41) is 2.45. The van der Waals surface area contributed by atoms with Crippen molar-refractivity contribution in [2.75, 3.05) is 12.4 Å². The summed E-state index contributed by atoms with van der Waals surface area (Å²) >= 11 is 0. The minimum Gasteiger partial charge on any atom is -0.495 e. The minimum atomic E-state index is -0.995. The van der Waals surface area contributed by atoms with E-state index in [4.69, 9.17) is 4.74 Å². The third-order valence-corrected chi connectivity index (χ3v) is 3.49. The summed E-state index contributed by atoms with van der Waals surface area (Å²) in [7, 11) is 1.46. The quantitative estimate of drug-likeness (QED) is 0.585. The van der Waals surface area contributed by atoms with Crippen molar-refractivity contribution in [3.8, 4) is 5.75 Å². The van der Waals surface area contributed by atoms with Crippen molar-refractivity contribution in [2.24, 2.45) is 0 Å². The lowest BCUT2D eigenvalue weighted by molar-refractivity contribution is -0.136. The van der Waals surface area contributed by atoms with Crippen LogP contribution in [-0.2, 0) is 9.59 Å². The SMILES string of the molecule is COc1ccc(C)cc1NC(=O)C(=O)NNC(=O)c1ccccc1C. The molecule has 0 fully saturated rings. The molecule has 0 heterocycles. The summed E-state index contributed by atoms with van der Waals surface area (Å²) in [5.74, 6) is -2.00. The first-order valence-electron chi connectivity index (χ1n) is 7.54. The molecule has 0 aromatic heterocycles. The van der Waals surface area contributed by atoms with Crippen LogP contribution in [0.3, 0.4) is 0 Å². The van der Waals surface area contributed by atoms with Gasteiger partial charge < -0.3 is 10.1 Å². The Bertz CT molecular complexity index is 818. The van der Waals surface area contributed by atoms with Gasteiger partial charge in [-0.05, 0) is 43.2 Å². The Morgan fingerprint density at radius 2 is 1.64 bits per heavy atom. The molecule has 0 aliphatic rings. The van der Waals surface area contributed by atoms with Crippen LogP contribution in [0.15, 0.2) is 42.5 Å². The number of carbonyl (C=O) groups excluding carboxylic acids is 3. The summed E-state index contributed by atoms with van der Waals surface area (Å²) < 4.78 is 5.13. The van der Waals surface area contributed by atoms with Crippen molar-refractivity contribution in [1.82, 2.24) is 10.9 Å². The number of ether oxygens (including phenoxy) is 1. The van der Waals surface area contributed by atoms with Crippen LogP contribution in [0, 0.1) is 13.8 Å². The maximum atomic E-state index is 12.0. The van der Waals surface area contributed by atoms with Crippen LogP contribution in [-0.4, -0.2) is 24.8 Å². The molecule has 0 atom stereocenters. The van der Waals surface area contributed by atoms with Gasteiger partial charge in [-0.3, -0.25) is 25.2 Å². The molecule has 3 N–H and O–H groups in total. The molecule has 2 aromatic rings. The topological polar surface area (TPSA) is 96.5 Å². The number of aryl methyl sites for hydroxylation is 2. The molecule has 0 unspecified atom stereocenters. The highest BCUT2D eigenvalue weighted by Gasteiger charge is 2.17. The highest BCUT2D eigenvalue weighted by Crippen LogP contribution is 2.24. The average molecular weight is 341 g/mol. The zero-order valence-electron chi connectivity index (χ0n) is 14.2. The van der Waals surface area contributed by atoms with E-state index in [1.165, 1.54) is 7.11 Å². The zero-order valence-corrected chi connectivity index (χ0v) is 14.2. The summed E-state index contributed by atoms with van der Waals surface area (Å²) in [4.78, 5) is 35.9. The van der Waals surface area contributed by atoms with Gasteiger partial charge in [0, 0.05) is 5.56 Å². The second-order valence-corrected chi connectivity index (χ2v) is 5.38. The molecule has 0 radical (unpaired) electrons. The van der Waals surface area contributed by atoms with E-state index < -0.39 is 17.7 Å². The number of carbonyl (C=O) groups is 3. The fourth-order valence-electron chi connectivity index (χ4n) is 2.16. The Kier molecular flexibility index (Phi) is 5.73. The van der Waals surface area contributed by atoms with Gasteiger partial charge >= 0.3 is 11.8 Å². The Morgan fingerprint density at radius 1 is 0.920 bits per heavy atom. The van der Waals surface area contributed by atoms with Crippen LogP contribution >= 0.6 is 0 Å². The van der Waals surface area contributed by atoms with Gasteiger partial charge in [0.05, 0.1) is 12.8 Å². The van der Waals surface area contributed by atoms with Crippen molar-refractivity contribution >= 4 is 23.4 Å². The lowest BCUT2D eigenvalue weighted by atomic mass is 10.1. The first kappa shape index (κ1) is 18.0. The predicted molar refractivity (Wildman–Crippen MR) is 93.1 cm³/mol. The van der Waals surface area contributed by atoms with E-state index in [-0.39, 0.29) is 0 Å². The largest absolute Gasteiger partial charge is 0.495 e. The molecule has 7 nitrogen and oxygen atoms in total. The molecule has 3 amide bonds. The van der Waals surface area contributed by atoms with Gasteiger partial charge in [-0.2, -0.15) is 0 Å². The van der Waals surface area contributed by atoms with Crippen LogP contribution in [0.4, 0.5) is 5.69 Å². The zero-order chi connectivity index (χ0) is 18.4. The fraction of sp³-hybridized carbons (Fsp3) is 0.167. The Morgan fingerprint density at radius 3 is 2.32 bits per heavy atom. The lowest BCUT2D eigenvalue weighted by Crippen LogP contribution is -2.46. The normalized spacial score (nSPS) is 9.88. The minimum absolute atomic E-state index is 0.368.